The van der Waals surface area contributed by atoms with E-state index >= 15 is 0 Å². The number of rotatable bonds is 3. The van der Waals surface area contributed by atoms with Gasteiger partial charge in [0.05, 0.1) is 0 Å². The molecule has 1 atom stereocenters. The van der Waals surface area contributed by atoms with Crippen molar-refractivity contribution in [2.45, 2.75) is 31.1 Å². The summed E-state index contributed by atoms with van der Waals surface area (Å²) in [7, 11) is -1.22. The van der Waals surface area contributed by atoms with Gasteiger partial charge in [0.25, 0.3) is 0 Å². The Kier molecular flexibility index (Phi) is 3.92. The molecule has 0 radical (unpaired) electrons. The van der Waals surface area contributed by atoms with Crippen molar-refractivity contribution >= 4 is 36.5 Å². The Balaban J connectivity index is 3.80. The minimum atomic E-state index is -1.22. The van der Waals surface area contributed by atoms with Crippen LogP contribution in [0.5, 0.6) is 0 Å². The molecule has 0 aliphatic rings. The van der Waals surface area contributed by atoms with Crippen LogP contribution in [0.1, 0.15) is 0 Å². The molecule has 0 heterocycles. The number of carbonyl (C=O) groups excluding carboxylic acids is 1. The summed E-state index contributed by atoms with van der Waals surface area (Å²) in [6.07, 6.45) is 0. The summed E-state index contributed by atoms with van der Waals surface area (Å²) in [5.74, 6) is 0. The zero-order valence-electron chi connectivity index (χ0n) is 6.45. The van der Waals surface area contributed by atoms with E-state index in [0.717, 1.165) is 6.04 Å². The first-order valence-electron chi connectivity index (χ1n) is 3.16. The van der Waals surface area contributed by atoms with E-state index in [1.54, 1.807) is 0 Å². The lowest BCUT2D eigenvalue weighted by Gasteiger charge is -2.16. The van der Waals surface area contributed by atoms with Crippen LogP contribution < -0.4 is 0 Å². The van der Waals surface area contributed by atoms with Crippen LogP contribution in [0.4, 0.5) is 0 Å². The second kappa shape index (κ2) is 3.74. The van der Waals surface area contributed by atoms with Crippen molar-refractivity contribution in [1.82, 2.24) is 0 Å². The van der Waals surface area contributed by atoms with Gasteiger partial charge in [-0.15, -0.1) is 11.6 Å². The van der Waals surface area contributed by atoms with Crippen LogP contribution in [0.25, 0.3) is 0 Å². The number of halogens is 2. The number of alkyl halides is 1. The van der Waals surface area contributed by atoms with E-state index < -0.39 is 18.7 Å². The van der Waals surface area contributed by atoms with Crippen LogP contribution in [0.2, 0.25) is 25.7 Å². The van der Waals surface area contributed by atoms with Crippen LogP contribution >= 0.6 is 23.2 Å². The maximum Gasteiger partial charge on any atom is 0.239 e. The fourth-order valence-electron chi connectivity index (χ4n) is 0.618. The summed E-state index contributed by atoms with van der Waals surface area (Å²) in [5.41, 5.74) is 0. The van der Waals surface area contributed by atoms with Crippen molar-refractivity contribution in [2.24, 2.45) is 0 Å². The van der Waals surface area contributed by atoms with E-state index in [9.17, 15) is 4.79 Å². The molecule has 0 aromatic rings. The van der Waals surface area contributed by atoms with Crippen LogP contribution in [0.3, 0.4) is 0 Å². The van der Waals surface area contributed by atoms with Crippen molar-refractivity contribution in [3.63, 3.8) is 0 Å². The fraction of sp³-hybridized carbons (Fsp3) is 0.833. The molecule has 4 heteroatoms. The van der Waals surface area contributed by atoms with Crippen LogP contribution in [-0.2, 0) is 4.79 Å². The van der Waals surface area contributed by atoms with Crippen molar-refractivity contribution in [1.29, 1.82) is 0 Å². The highest BCUT2D eigenvalue weighted by Gasteiger charge is 2.22. The predicted molar refractivity (Wildman–Crippen MR) is 48.7 cm³/mol. The Morgan fingerprint density at radius 2 is 1.90 bits per heavy atom. The first-order valence-corrected chi connectivity index (χ1v) is 7.68. The lowest BCUT2D eigenvalue weighted by atomic mass is 10.5. The second-order valence-corrected chi connectivity index (χ2v) is 9.97. The molecule has 0 saturated carbocycles. The molecular weight excluding hydrogens is 187 g/mol. The SMILES string of the molecule is C[Si](C)(C)CC(Cl)C(=O)Cl. The van der Waals surface area contributed by atoms with Crippen molar-refractivity contribution < 1.29 is 4.79 Å². The molecule has 0 bridgehead atoms. The molecule has 60 valence electrons. The highest BCUT2D eigenvalue weighted by atomic mass is 35.5. The van der Waals surface area contributed by atoms with Gasteiger partial charge in [0.1, 0.15) is 5.38 Å². The maximum absolute atomic E-state index is 10.5. The number of hydrogen-bond acceptors (Lipinski definition) is 1. The van der Waals surface area contributed by atoms with Gasteiger partial charge in [0.15, 0.2) is 0 Å². The topological polar surface area (TPSA) is 17.1 Å². The molecule has 10 heavy (non-hydrogen) atoms. The minimum Gasteiger partial charge on any atom is -0.280 e. The van der Waals surface area contributed by atoms with Gasteiger partial charge in [-0.25, -0.2) is 0 Å². The summed E-state index contributed by atoms with van der Waals surface area (Å²) >= 11 is 10.8. The zero-order valence-corrected chi connectivity index (χ0v) is 8.96. The summed E-state index contributed by atoms with van der Waals surface area (Å²) in [6.45, 7) is 6.46. The molecule has 0 spiro atoms. The van der Waals surface area contributed by atoms with Crippen molar-refractivity contribution in [3.8, 4) is 0 Å². The van der Waals surface area contributed by atoms with E-state index in [2.05, 4.69) is 19.6 Å². The molecular formula is C6H12Cl2OSi. The molecule has 0 aliphatic carbocycles. The summed E-state index contributed by atoms with van der Waals surface area (Å²) < 4.78 is 0. The average molecular weight is 199 g/mol. The van der Waals surface area contributed by atoms with Gasteiger partial charge in [-0.1, -0.05) is 19.6 Å². The van der Waals surface area contributed by atoms with Gasteiger partial charge < -0.3 is 0 Å². The first kappa shape index (κ1) is 10.5. The van der Waals surface area contributed by atoms with Gasteiger partial charge in [-0.3, -0.25) is 4.79 Å². The largest absolute Gasteiger partial charge is 0.280 e. The zero-order chi connectivity index (χ0) is 8.36. The number of carbonyl (C=O) groups is 1. The summed E-state index contributed by atoms with van der Waals surface area (Å²) in [5, 5.41) is -0.905. The van der Waals surface area contributed by atoms with E-state index in [4.69, 9.17) is 23.2 Å². The van der Waals surface area contributed by atoms with Gasteiger partial charge in [0, 0.05) is 8.07 Å². The van der Waals surface area contributed by atoms with Crippen LogP contribution in [0, 0.1) is 0 Å². The predicted octanol–water partition coefficient (Wildman–Crippen LogP) is 2.70. The van der Waals surface area contributed by atoms with E-state index in [1.165, 1.54) is 0 Å². The lowest BCUT2D eigenvalue weighted by Crippen LogP contribution is -2.26. The molecule has 0 N–H and O–H groups in total. The highest BCUT2D eigenvalue weighted by Crippen LogP contribution is 2.17. The third-order valence-corrected chi connectivity index (χ3v) is 3.66. The Labute approximate surface area is 72.7 Å². The summed E-state index contributed by atoms with van der Waals surface area (Å²) in [4.78, 5) is 10.5. The third kappa shape index (κ3) is 5.27. The fourth-order valence-corrected chi connectivity index (χ4v) is 3.47. The maximum atomic E-state index is 10.5. The van der Waals surface area contributed by atoms with E-state index in [1.807, 2.05) is 0 Å². The average Bonchev–Trinajstić information content (AvgIpc) is 1.60. The number of hydrogen-bond donors (Lipinski definition) is 0. The lowest BCUT2D eigenvalue weighted by molar-refractivity contribution is -0.111. The molecule has 0 aromatic carbocycles. The third-order valence-electron chi connectivity index (χ3n) is 1.04. The normalized spacial score (nSPS) is 14.9. The molecule has 0 saturated heterocycles. The Bertz CT molecular complexity index is 130. The van der Waals surface area contributed by atoms with Gasteiger partial charge in [0.2, 0.25) is 5.24 Å². The smallest absolute Gasteiger partial charge is 0.239 e. The Morgan fingerprint density at radius 3 is 2.00 bits per heavy atom. The highest BCUT2D eigenvalue weighted by molar-refractivity contribution is 6.79. The van der Waals surface area contributed by atoms with Crippen molar-refractivity contribution in [2.75, 3.05) is 0 Å². The van der Waals surface area contributed by atoms with Gasteiger partial charge >= 0.3 is 0 Å². The quantitative estimate of drug-likeness (QED) is 0.388. The Morgan fingerprint density at radius 1 is 1.50 bits per heavy atom. The molecule has 0 aliphatic heterocycles. The minimum absolute atomic E-state index is 0.427. The van der Waals surface area contributed by atoms with Gasteiger partial charge in [-0.2, -0.15) is 0 Å². The van der Waals surface area contributed by atoms with E-state index in [0.29, 0.717) is 0 Å². The first-order chi connectivity index (χ1) is 4.33. The Hall–Kier alpha value is 0.467. The standard InChI is InChI=1S/C6H12Cl2OSi/c1-10(2,3)4-5(7)6(8)9/h5H,4H2,1-3H3. The van der Waals surface area contributed by atoms with E-state index in [-0.39, 0.29) is 0 Å². The van der Waals surface area contributed by atoms with Gasteiger partial charge in [-0.05, 0) is 17.6 Å². The monoisotopic (exact) mass is 198 g/mol. The molecule has 0 amide bonds. The molecule has 0 fully saturated rings. The summed E-state index contributed by atoms with van der Waals surface area (Å²) in [6, 6.07) is 0.761. The van der Waals surface area contributed by atoms with Crippen LogP contribution in [0.15, 0.2) is 0 Å². The molecule has 0 aromatic heterocycles. The van der Waals surface area contributed by atoms with Crippen LogP contribution in [-0.4, -0.2) is 18.7 Å². The molecule has 1 nitrogen and oxygen atoms in total. The molecule has 0 rings (SSSR count). The molecule has 1 unspecified atom stereocenters. The van der Waals surface area contributed by atoms with Crippen molar-refractivity contribution in [3.05, 3.63) is 0 Å². The second-order valence-electron chi connectivity index (χ2n) is 3.54.